The SMILES string of the molecule is CC(C)[C@@H](O)[C@@H](C)/C=C/O[Si](C)(C)C(C)(C)C. The van der Waals surface area contributed by atoms with E-state index in [1.54, 1.807) is 6.26 Å². The number of aliphatic hydroxyl groups is 1. The molecule has 0 saturated heterocycles. The zero-order valence-corrected chi connectivity index (χ0v) is 13.7. The number of hydrogen-bond acceptors (Lipinski definition) is 2. The minimum Gasteiger partial charge on any atom is -0.549 e. The first-order chi connectivity index (χ1) is 7.49. The van der Waals surface area contributed by atoms with Crippen molar-refractivity contribution in [2.45, 2.75) is 65.8 Å². The van der Waals surface area contributed by atoms with Crippen LogP contribution >= 0.6 is 0 Å². The second-order valence-corrected chi connectivity index (χ2v) is 11.6. The molecule has 2 atom stereocenters. The second-order valence-electron chi connectivity index (χ2n) is 6.80. The fourth-order valence-electron chi connectivity index (χ4n) is 1.23. The number of hydrogen-bond donors (Lipinski definition) is 1. The van der Waals surface area contributed by atoms with Crippen molar-refractivity contribution in [3.63, 3.8) is 0 Å². The van der Waals surface area contributed by atoms with E-state index in [9.17, 15) is 5.11 Å². The average Bonchev–Trinajstić information content (AvgIpc) is 2.14. The molecule has 0 bridgehead atoms. The molecule has 0 amide bonds. The summed E-state index contributed by atoms with van der Waals surface area (Å²) in [5.41, 5.74) is 0. The van der Waals surface area contributed by atoms with Gasteiger partial charge in [-0.3, -0.25) is 0 Å². The molecule has 0 heterocycles. The lowest BCUT2D eigenvalue weighted by molar-refractivity contribution is 0.0904. The van der Waals surface area contributed by atoms with Crippen LogP contribution < -0.4 is 0 Å². The molecule has 0 aliphatic heterocycles. The highest BCUT2D eigenvalue weighted by atomic mass is 28.4. The van der Waals surface area contributed by atoms with E-state index < -0.39 is 8.32 Å². The maximum atomic E-state index is 9.89. The molecule has 0 radical (unpaired) electrons. The van der Waals surface area contributed by atoms with Crippen LogP contribution in [-0.4, -0.2) is 19.5 Å². The number of rotatable bonds is 5. The molecule has 0 saturated carbocycles. The van der Waals surface area contributed by atoms with E-state index >= 15 is 0 Å². The van der Waals surface area contributed by atoms with E-state index in [-0.39, 0.29) is 23.0 Å². The normalized spacial score (nSPS) is 17.5. The molecule has 102 valence electrons. The van der Waals surface area contributed by atoms with Crippen LogP contribution in [0.3, 0.4) is 0 Å². The van der Waals surface area contributed by atoms with Crippen LogP contribution in [0.15, 0.2) is 12.3 Å². The van der Waals surface area contributed by atoms with Gasteiger partial charge < -0.3 is 9.53 Å². The Labute approximate surface area is 108 Å². The second kappa shape index (κ2) is 6.05. The van der Waals surface area contributed by atoms with E-state index in [1.165, 1.54) is 0 Å². The minimum atomic E-state index is -1.70. The summed E-state index contributed by atoms with van der Waals surface area (Å²) in [6.45, 7) is 17.2. The van der Waals surface area contributed by atoms with Crippen LogP contribution in [0.2, 0.25) is 18.1 Å². The highest BCUT2D eigenvalue weighted by molar-refractivity contribution is 6.74. The molecule has 0 aromatic heterocycles. The van der Waals surface area contributed by atoms with Crippen molar-refractivity contribution in [2.24, 2.45) is 11.8 Å². The fraction of sp³-hybridized carbons (Fsp3) is 0.857. The van der Waals surface area contributed by atoms with Gasteiger partial charge in [-0.2, -0.15) is 0 Å². The highest BCUT2D eigenvalue weighted by Crippen LogP contribution is 2.36. The van der Waals surface area contributed by atoms with Gasteiger partial charge in [-0.1, -0.05) is 41.5 Å². The Balaban J connectivity index is 4.38. The zero-order chi connectivity index (χ0) is 13.9. The summed E-state index contributed by atoms with van der Waals surface area (Å²) in [5, 5.41) is 10.1. The largest absolute Gasteiger partial charge is 0.549 e. The summed E-state index contributed by atoms with van der Waals surface area (Å²) in [6, 6.07) is 0. The van der Waals surface area contributed by atoms with Crippen LogP contribution in [0.25, 0.3) is 0 Å². The molecule has 0 rings (SSSR count). The summed E-state index contributed by atoms with van der Waals surface area (Å²) in [4.78, 5) is 0. The van der Waals surface area contributed by atoms with E-state index in [0.717, 1.165) is 0 Å². The van der Waals surface area contributed by atoms with Gasteiger partial charge in [0.1, 0.15) is 0 Å². The molecule has 0 aliphatic rings. The van der Waals surface area contributed by atoms with E-state index in [2.05, 4.69) is 33.9 Å². The molecule has 0 fully saturated rings. The first kappa shape index (κ1) is 16.7. The Morgan fingerprint density at radius 2 is 1.59 bits per heavy atom. The van der Waals surface area contributed by atoms with Crippen LogP contribution in [0.5, 0.6) is 0 Å². The van der Waals surface area contributed by atoms with Gasteiger partial charge in [0.25, 0.3) is 0 Å². The standard InChI is InChI=1S/C14H30O2Si/c1-11(2)13(15)12(3)9-10-16-17(7,8)14(4,5)6/h9-13,15H,1-8H3/b10-9+/t12-,13+/m0/s1. The average molecular weight is 258 g/mol. The molecule has 2 nitrogen and oxygen atoms in total. The van der Waals surface area contributed by atoms with Crippen molar-refractivity contribution in [3.05, 3.63) is 12.3 Å². The third-order valence-electron chi connectivity index (χ3n) is 3.77. The fourth-order valence-corrected chi connectivity index (χ4v) is 2.00. The molecule has 0 unspecified atom stereocenters. The van der Waals surface area contributed by atoms with Crippen molar-refractivity contribution in [2.75, 3.05) is 0 Å². The quantitative estimate of drug-likeness (QED) is 0.592. The zero-order valence-electron chi connectivity index (χ0n) is 12.7. The summed E-state index contributed by atoms with van der Waals surface area (Å²) in [5.74, 6) is 0.419. The molecule has 0 aliphatic carbocycles. The van der Waals surface area contributed by atoms with Gasteiger partial charge in [0.15, 0.2) is 0 Å². The Kier molecular flexibility index (Phi) is 5.95. The molecule has 3 heteroatoms. The third kappa shape index (κ3) is 5.26. The first-order valence-corrected chi connectivity index (χ1v) is 9.42. The Morgan fingerprint density at radius 1 is 1.12 bits per heavy atom. The van der Waals surface area contributed by atoms with Gasteiger partial charge in [-0.05, 0) is 30.1 Å². The lowest BCUT2D eigenvalue weighted by Crippen LogP contribution is -2.39. The molecule has 17 heavy (non-hydrogen) atoms. The molecule has 0 aromatic rings. The van der Waals surface area contributed by atoms with Gasteiger partial charge in [0.2, 0.25) is 8.32 Å². The molecular formula is C14H30O2Si. The van der Waals surface area contributed by atoms with Crippen molar-refractivity contribution in [1.82, 2.24) is 0 Å². The highest BCUT2D eigenvalue weighted by Gasteiger charge is 2.37. The maximum Gasteiger partial charge on any atom is 0.249 e. The minimum absolute atomic E-state index is 0.139. The molecule has 1 N–H and O–H groups in total. The van der Waals surface area contributed by atoms with Crippen molar-refractivity contribution < 1.29 is 9.53 Å². The predicted molar refractivity (Wildman–Crippen MR) is 77.4 cm³/mol. The van der Waals surface area contributed by atoms with Crippen molar-refractivity contribution >= 4 is 8.32 Å². The smallest absolute Gasteiger partial charge is 0.249 e. The molecule has 0 spiro atoms. The summed E-state index contributed by atoms with van der Waals surface area (Å²) < 4.78 is 5.94. The van der Waals surface area contributed by atoms with E-state index in [4.69, 9.17) is 4.43 Å². The van der Waals surface area contributed by atoms with Crippen LogP contribution in [0, 0.1) is 11.8 Å². The summed E-state index contributed by atoms with van der Waals surface area (Å²) in [7, 11) is -1.70. The van der Waals surface area contributed by atoms with Crippen molar-refractivity contribution in [1.29, 1.82) is 0 Å². The molecule has 0 aromatic carbocycles. The number of aliphatic hydroxyl groups excluding tert-OH is 1. The topological polar surface area (TPSA) is 29.5 Å². The molecular weight excluding hydrogens is 228 g/mol. The van der Waals surface area contributed by atoms with Gasteiger partial charge in [0, 0.05) is 5.92 Å². The van der Waals surface area contributed by atoms with E-state index in [0.29, 0.717) is 0 Å². The summed E-state index contributed by atoms with van der Waals surface area (Å²) >= 11 is 0. The summed E-state index contributed by atoms with van der Waals surface area (Å²) in [6.07, 6.45) is 3.48. The van der Waals surface area contributed by atoms with Gasteiger partial charge in [-0.25, -0.2) is 0 Å². The van der Waals surface area contributed by atoms with Crippen LogP contribution in [0.1, 0.15) is 41.5 Å². The Morgan fingerprint density at radius 3 is 1.94 bits per heavy atom. The van der Waals surface area contributed by atoms with Crippen molar-refractivity contribution in [3.8, 4) is 0 Å². The lowest BCUT2D eigenvalue weighted by atomic mass is 9.95. The van der Waals surface area contributed by atoms with Crippen LogP contribution in [0.4, 0.5) is 0 Å². The van der Waals surface area contributed by atoms with Gasteiger partial charge in [-0.15, -0.1) is 0 Å². The maximum absolute atomic E-state index is 9.89. The Hall–Kier alpha value is -0.283. The van der Waals surface area contributed by atoms with Crippen LogP contribution in [-0.2, 0) is 4.43 Å². The van der Waals surface area contributed by atoms with Gasteiger partial charge >= 0.3 is 0 Å². The third-order valence-corrected chi connectivity index (χ3v) is 8.11. The van der Waals surface area contributed by atoms with Gasteiger partial charge in [0.05, 0.1) is 12.4 Å². The Bertz CT molecular complexity index is 251. The first-order valence-electron chi connectivity index (χ1n) is 6.51. The van der Waals surface area contributed by atoms with E-state index in [1.807, 2.05) is 26.8 Å². The monoisotopic (exact) mass is 258 g/mol. The lowest BCUT2D eigenvalue weighted by Gasteiger charge is -2.35. The predicted octanol–water partition coefficient (Wildman–Crippen LogP) is 4.17.